The Labute approximate surface area is 110 Å². The van der Waals surface area contributed by atoms with E-state index in [9.17, 15) is 4.79 Å². The molecular formula is C13H16N4O2. The van der Waals surface area contributed by atoms with Gasteiger partial charge in [0.15, 0.2) is 5.82 Å². The Morgan fingerprint density at radius 3 is 2.84 bits per heavy atom. The van der Waals surface area contributed by atoms with Gasteiger partial charge in [-0.25, -0.2) is 15.2 Å². The van der Waals surface area contributed by atoms with Gasteiger partial charge in [0.2, 0.25) is 0 Å². The Balaban J connectivity index is 1.97. The number of rotatable bonds is 2. The number of nitrogens with zero attached hydrogens (tertiary/aromatic N) is 2. The number of carbonyl (C=O) groups is 1. The molecule has 6 heteroatoms. The minimum atomic E-state index is -0.597. The summed E-state index contributed by atoms with van der Waals surface area (Å²) in [5.74, 6) is 0.567. The van der Waals surface area contributed by atoms with Crippen molar-refractivity contribution in [1.82, 2.24) is 15.4 Å². The molecule has 0 unspecified atom stereocenters. The highest BCUT2D eigenvalue weighted by atomic mass is 16.6. The van der Waals surface area contributed by atoms with Gasteiger partial charge in [-0.1, -0.05) is 12.1 Å². The number of carbonyl (C=O) groups excluding carboxylic acids is 1. The number of fused-ring (bicyclic) bond motifs is 1. The Morgan fingerprint density at radius 2 is 2.16 bits per heavy atom. The lowest BCUT2D eigenvalue weighted by atomic mass is 10.2. The van der Waals surface area contributed by atoms with Crippen molar-refractivity contribution in [2.45, 2.75) is 26.4 Å². The summed E-state index contributed by atoms with van der Waals surface area (Å²) in [6.07, 6.45) is 0.837. The lowest BCUT2D eigenvalue weighted by Gasteiger charge is -2.18. The van der Waals surface area contributed by atoms with Gasteiger partial charge in [0.1, 0.15) is 5.60 Å². The molecule has 0 fully saturated rings. The number of aromatic amines is 1. The van der Waals surface area contributed by atoms with Crippen LogP contribution >= 0.6 is 0 Å². The highest BCUT2D eigenvalue weighted by Gasteiger charge is 2.15. The molecule has 2 rings (SSSR count). The quantitative estimate of drug-likeness (QED) is 0.643. The minimum Gasteiger partial charge on any atom is -0.443 e. The van der Waals surface area contributed by atoms with Crippen LogP contribution in [-0.2, 0) is 4.74 Å². The number of aromatic nitrogens is 2. The van der Waals surface area contributed by atoms with Gasteiger partial charge in [0, 0.05) is 0 Å². The molecule has 0 radical (unpaired) electrons. The molecule has 1 aromatic heterocycles. The maximum Gasteiger partial charge on any atom is 0.428 e. The van der Waals surface area contributed by atoms with Crippen LogP contribution in [0.15, 0.2) is 29.4 Å². The maximum atomic E-state index is 11.3. The van der Waals surface area contributed by atoms with Crippen LogP contribution < -0.4 is 5.43 Å². The van der Waals surface area contributed by atoms with E-state index in [0.717, 1.165) is 11.0 Å². The van der Waals surface area contributed by atoms with Gasteiger partial charge in [0.05, 0.1) is 17.2 Å². The second-order valence-corrected chi connectivity index (χ2v) is 5.01. The third-order valence-electron chi connectivity index (χ3n) is 2.15. The molecule has 0 bridgehead atoms. The number of nitrogens with one attached hydrogen (secondary N) is 2. The number of ether oxygens (including phenoxy) is 1. The van der Waals surface area contributed by atoms with Crippen molar-refractivity contribution in [2.75, 3.05) is 0 Å². The Bertz CT molecular complexity index is 577. The zero-order chi connectivity index (χ0) is 13.9. The number of para-hydroxylation sites is 2. The third kappa shape index (κ3) is 3.80. The van der Waals surface area contributed by atoms with Gasteiger partial charge < -0.3 is 9.72 Å². The predicted octanol–water partition coefficient (Wildman–Crippen LogP) is 2.42. The first-order valence-electron chi connectivity index (χ1n) is 5.91. The molecule has 0 saturated heterocycles. The Kier molecular flexibility index (Phi) is 3.50. The Morgan fingerprint density at radius 1 is 1.42 bits per heavy atom. The first-order valence-corrected chi connectivity index (χ1v) is 5.91. The first kappa shape index (κ1) is 13.1. The van der Waals surface area contributed by atoms with Gasteiger partial charge in [-0.2, -0.15) is 5.10 Å². The molecule has 0 atom stereocenters. The Hall–Kier alpha value is -2.37. The van der Waals surface area contributed by atoms with Crippen LogP contribution in [0.2, 0.25) is 0 Å². The lowest BCUT2D eigenvalue weighted by molar-refractivity contribution is 0.0529. The number of hydrazone groups is 1. The molecule has 1 aromatic carbocycles. The fraction of sp³-hybridized carbons (Fsp3) is 0.308. The molecule has 1 heterocycles. The van der Waals surface area contributed by atoms with Crippen molar-refractivity contribution >= 4 is 23.3 Å². The van der Waals surface area contributed by atoms with Gasteiger partial charge in [-0.05, 0) is 32.9 Å². The van der Waals surface area contributed by atoms with Crippen LogP contribution in [0.1, 0.15) is 26.6 Å². The summed E-state index contributed by atoms with van der Waals surface area (Å²) in [6.45, 7) is 5.36. The molecule has 0 aliphatic rings. The van der Waals surface area contributed by atoms with E-state index >= 15 is 0 Å². The number of imidazole rings is 1. The van der Waals surface area contributed by atoms with Crippen molar-refractivity contribution in [1.29, 1.82) is 0 Å². The van der Waals surface area contributed by atoms with E-state index < -0.39 is 11.7 Å². The molecule has 0 aliphatic heterocycles. The minimum absolute atomic E-state index is 0.543. The van der Waals surface area contributed by atoms with Crippen LogP contribution in [0.25, 0.3) is 11.0 Å². The molecular weight excluding hydrogens is 244 g/mol. The van der Waals surface area contributed by atoms with Gasteiger partial charge in [-0.3, -0.25) is 0 Å². The van der Waals surface area contributed by atoms with E-state index in [4.69, 9.17) is 4.74 Å². The maximum absolute atomic E-state index is 11.3. The topological polar surface area (TPSA) is 79.4 Å². The summed E-state index contributed by atoms with van der Waals surface area (Å²) in [6, 6.07) is 7.63. The number of H-pyrrole nitrogens is 1. The molecule has 2 N–H and O–H groups in total. The highest BCUT2D eigenvalue weighted by molar-refractivity contribution is 5.84. The van der Waals surface area contributed by atoms with Gasteiger partial charge in [-0.15, -0.1) is 0 Å². The largest absolute Gasteiger partial charge is 0.443 e. The second-order valence-electron chi connectivity index (χ2n) is 5.01. The molecule has 100 valence electrons. The normalized spacial score (nSPS) is 11.9. The first-order chi connectivity index (χ1) is 8.94. The molecule has 0 spiro atoms. The molecule has 6 nitrogen and oxygen atoms in total. The number of hydrogen-bond donors (Lipinski definition) is 2. The third-order valence-corrected chi connectivity index (χ3v) is 2.15. The number of benzene rings is 1. The van der Waals surface area contributed by atoms with Crippen LogP contribution in [0.3, 0.4) is 0 Å². The van der Waals surface area contributed by atoms with Crippen molar-refractivity contribution < 1.29 is 9.53 Å². The van der Waals surface area contributed by atoms with Crippen LogP contribution in [0.5, 0.6) is 0 Å². The average Bonchev–Trinajstić information content (AvgIpc) is 2.68. The van der Waals surface area contributed by atoms with Crippen LogP contribution in [0, 0.1) is 0 Å². The molecule has 19 heavy (non-hydrogen) atoms. The summed E-state index contributed by atoms with van der Waals surface area (Å²) in [5.41, 5.74) is 3.50. The van der Waals surface area contributed by atoms with Crippen molar-refractivity contribution in [3.63, 3.8) is 0 Å². The predicted molar refractivity (Wildman–Crippen MR) is 73.1 cm³/mol. The van der Waals surface area contributed by atoms with E-state index in [1.54, 1.807) is 20.8 Å². The highest BCUT2D eigenvalue weighted by Crippen LogP contribution is 2.09. The van der Waals surface area contributed by atoms with E-state index in [2.05, 4.69) is 20.5 Å². The zero-order valence-corrected chi connectivity index (χ0v) is 11.1. The van der Waals surface area contributed by atoms with Crippen molar-refractivity contribution in [3.05, 3.63) is 30.1 Å². The molecule has 1 amide bonds. The zero-order valence-electron chi connectivity index (χ0n) is 11.1. The number of hydrogen-bond acceptors (Lipinski definition) is 4. The van der Waals surface area contributed by atoms with Crippen molar-refractivity contribution in [3.8, 4) is 0 Å². The van der Waals surface area contributed by atoms with Gasteiger partial charge in [0.25, 0.3) is 0 Å². The molecule has 0 saturated carbocycles. The molecule has 0 aliphatic carbocycles. The fourth-order valence-electron chi connectivity index (χ4n) is 1.48. The van der Waals surface area contributed by atoms with Crippen molar-refractivity contribution in [2.24, 2.45) is 5.10 Å². The van der Waals surface area contributed by atoms with E-state index in [0.29, 0.717) is 5.82 Å². The monoisotopic (exact) mass is 260 g/mol. The SMILES string of the molecule is CC(C)(C)OC(=O)NN=Cc1nc2ccccc2[nH]1. The standard InChI is InChI=1S/C13H16N4O2/c1-13(2,3)19-12(18)17-14-8-11-15-9-6-4-5-7-10(9)16-11/h4-8H,1-3H3,(H,15,16)(H,17,18). The number of amides is 1. The lowest BCUT2D eigenvalue weighted by Crippen LogP contribution is -2.29. The fourth-order valence-corrected chi connectivity index (χ4v) is 1.48. The summed E-state index contributed by atoms with van der Waals surface area (Å²) in [5, 5.41) is 3.78. The smallest absolute Gasteiger partial charge is 0.428 e. The summed E-state index contributed by atoms with van der Waals surface area (Å²) in [7, 11) is 0. The van der Waals surface area contributed by atoms with E-state index in [1.165, 1.54) is 6.21 Å². The van der Waals surface area contributed by atoms with Gasteiger partial charge >= 0.3 is 6.09 Å². The van der Waals surface area contributed by atoms with E-state index in [-0.39, 0.29) is 0 Å². The average molecular weight is 260 g/mol. The molecule has 2 aromatic rings. The van der Waals surface area contributed by atoms with Crippen LogP contribution in [-0.4, -0.2) is 27.9 Å². The van der Waals surface area contributed by atoms with Crippen LogP contribution in [0.4, 0.5) is 4.79 Å². The summed E-state index contributed by atoms with van der Waals surface area (Å²) < 4.78 is 5.04. The summed E-state index contributed by atoms with van der Waals surface area (Å²) in [4.78, 5) is 18.7. The second kappa shape index (κ2) is 5.09. The van der Waals surface area contributed by atoms with E-state index in [1.807, 2.05) is 24.3 Å². The summed E-state index contributed by atoms with van der Waals surface area (Å²) >= 11 is 0.